The normalized spacial score (nSPS) is 11.1. The number of nitrogens with zero attached hydrogens (tertiary/aromatic N) is 4. The van der Waals surface area contributed by atoms with Crippen molar-refractivity contribution < 1.29 is 4.74 Å². The molecule has 3 rings (SSSR count). The van der Waals surface area contributed by atoms with E-state index in [0.29, 0.717) is 0 Å². The molecule has 0 saturated heterocycles. The van der Waals surface area contributed by atoms with Gasteiger partial charge < -0.3 is 4.74 Å². The van der Waals surface area contributed by atoms with E-state index in [1.807, 2.05) is 16.6 Å². The minimum Gasteiger partial charge on any atom is -0.497 e. The fourth-order valence-corrected chi connectivity index (χ4v) is 3.06. The van der Waals surface area contributed by atoms with E-state index in [1.54, 1.807) is 18.4 Å². The van der Waals surface area contributed by atoms with E-state index >= 15 is 0 Å². The summed E-state index contributed by atoms with van der Waals surface area (Å²) in [6.45, 7) is 2.17. The Labute approximate surface area is 127 Å². The SMILES string of the molecule is CCCCc1nnc2sc(Cc3ccc(OC)cc3)nn12. The number of aromatic nitrogens is 4. The Bertz CT molecular complexity index is 717. The van der Waals surface area contributed by atoms with Crippen molar-refractivity contribution in [3.8, 4) is 5.75 Å². The predicted octanol–water partition coefficient (Wildman–Crippen LogP) is 3.13. The lowest BCUT2D eigenvalue weighted by Crippen LogP contribution is -1.97. The van der Waals surface area contributed by atoms with Gasteiger partial charge in [0.25, 0.3) is 0 Å². The fraction of sp³-hybridized carbons (Fsp3) is 0.400. The van der Waals surface area contributed by atoms with Gasteiger partial charge in [-0.05, 0) is 24.1 Å². The number of aryl methyl sites for hydroxylation is 1. The number of methoxy groups -OCH3 is 1. The van der Waals surface area contributed by atoms with E-state index in [2.05, 4.69) is 34.4 Å². The first-order valence-corrected chi connectivity index (χ1v) is 7.94. The molecular formula is C15H18N4OS. The van der Waals surface area contributed by atoms with Gasteiger partial charge in [-0.15, -0.1) is 10.2 Å². The summed E-state index contributed by atoms with van der Waals surface area (Å²) in [6.07, 6.45) is 4.01. The molecule has 0 aliphatic heterocycles. The molecule has 110 valence electrons. The monoisotopic (exact) mass is 302 g/mol. The van der Waals surface area contributed by atoms with Gasteiger partial charge in [0.15, 0.2) is 5.82 Å². The Balaban J connectivity index is 1.78. The van der Waals surface area contributed by atoms with Crippen LogP contribution < -0.4 is 4.74 Å². The van der Waals surface area contributed by atoms with Gasteiger partial charge in [0.2, 0.25) is 4.96 Å². The summed E-state index contributed by atoms with van der Waals surface area (Å²) in [5.74, 6) is 1.84. The molecule has 2 heterocycles. The molecule has 1 aromatic carbocycles. The molecule has 0 unspecified atom stereocenters. The lowest BCUT2D eigenvalue weighted by atomic mass is 10.1. The van der Waals surface area contributed by atoms with Crippen LogP contribution in [-0.2, 0) is 12.8 Å². The minimum absolute atomic E-state index is 0.811. The molecule has 0 spiro atoms. The predicted molar refractivity (Wildman–Crippen MR) is 83.1 cm³/mol. The van der Waals surface area contributed by atoms with Crippen LogP contribution in [0.5, 0.6) is 5.75 Å². The first-order chi connectivity index (χ1) is 10.3. The van der Waals surface area contributed by atoms with Crippen molar-refractivity contribution >= 4 is 16.3 Å². The maximum atomic E-state index is 5.17. The molecule has 2 aromatic heterocycles. The average Bonchev–Trinajstić information content (AvgIpc) is 3.06. The van der Waals surface area contributed by atoms with E-state index in [-0.39, 0.29) is 0 Å². The molecule has 3 aromatic rings. The summed E-state index contributed by atoms with van der Waals surface area (Å²) in [4.78, 5) is 0.879. The largest absolute Gasteiger partial charge is 0.497 e. The number of fused-ring (bicyclic) bond motifs is 1. The number of hydrogen-bond donors (Lipinski definition) is 0. The second-order valence-corrected chi connectivity index (χ2v) is 5.98. The van der Waals surface area contributed by atoms with Gasteiger partial charge in [0, 0.05) is 12.8 Å². The highest BCUT2D eigenvalue weighted by molar-refractivity contribution is 7.16. The van der Waals surface area contributed by atoms with E-state index in [4.69, 9.17) is 4.74 Å². The van der Waals surface area contributed by atoms with Crippen molar-refractivity contribution in [2.75, 3.05) is 7.11 Å². The third kappa shape index (κ3) is 3.05. The lowest BCUT2D eigenvalue weighted by Gasteiger charge is -2.01. The molecule has 21 heavy (non-hydrogen) atoms. The molecular weight excluding hydrogens is 284 g/mol. The molecule has 0 saturated carbocycles. The van der Waals surface area contributed by atoms with E-state index in [0.717, 1.165) is 47.2 Å². The second kappa shape index (κ2) is 6.22. The van der Waals surface area contributed by atoms with Crippen LogP contribution >= 0.6 is 11.3 Å². The quantitative estimate of drug-likeness (QED) is 0.702. The van der Waals surface area contributed by atoms with Gasteiger partial charge in [-0.2, -0.15) is 9.61 Å². The molecule has 0 bridgehead atoms. The van der Waals surface area contributed by atoms with Crippen LogP contribution in [0.25, 0.3) is 4.96 Å². The summed E-state index contributed by atoms with van der Waals surface area (Å²) in [5.41, 5.74) is 1.22. The molecule has 0 atom stereocenters. The summed E-state index contributed by atoms with van der Waals surface area (Å²) in [6, 6.07) is 8.09. The molecule has 0 N–H and O–H groups in total. The summed E-state index contributed by atoms with van der Waals surface area (Å²) in [5, 5.41) is 14.1. The second-order valence-electron chi connectivity index (χ2n) is 4.93. The van der Waals surface area contributed by atoms with Gasteiger partial charge in [-0.25, -0.2) is 0 Å². The topological polar surface area (TPSA) is 52.3 Å². The highest BCUT2D eigenvalue weighted by Crippen LogP contribution is 2.19. The number of hydrogen-bond acceptors (Lipinski definition) is 5. The standard InChI is InChI=1S/C15H18N4OS/c1-3-4-5-13-16-17-15-19(13)18-14(21-15)10-11-6-8-12(20-2)9-7-11/h6-9H,3-5,10H2,1-2H3. The molecule has 6 heteroatoms. The van der Waals surface area contributed by atoms with Crippen molar-refractivity contribution in [3.63, 3.8) is 0 Å². The van der Waals surface area contributed by atoms with Crippen LogP contribution in [0, 0.1) is 0 Å². The average molecular weight is 302 g/mol. The van der Waals surface area contributed by atoms with E-state index < -0.39 is 0 Å². The number of benzene rings is 1. The van der Waals surface area contributed by atoms with Crippen molar-refractivity contribution in [1.82, 2.24) is 19.8 Å². The molecule has 0 fully saturated rings. The molecule has 0 aliphatic carbocycles. The molecule has 0 radical (unpaired) electrons. The van der Waals surface area contributed by atoms with Gasteiger partial charge in [0.05, 0.1) is 7.11 Å². The Morgan fingerprint density at radius 3 is 2.71 bits per heavy atom. The van der Waals surface area contributed by atoms with Crippen molar-refractivity contribution in [3.05, 3.63) is 40.7 Å². The Kier molecular flexibility index (Phi) is 4.15. The first-order valence-electron chi connectivity index (χ1n) is 7.13. The number of unbranched alkanes of at least 4 members (excludes halogenated alkanes) is 1. The van der Waals surface area contributed by atoms with Crippen LogP contribution in [-0.4, -0.2) is 26.9 Å². The Morgan fingerprint density at radius 1 is 1.19 bits per heavy atom. The summed E-state index contributed by atoms with van der Waals surface area (Å²) < 4.78 is 7.06. The zero-order chi connectivity index (χ0) is 14.7. The van der Waals surface area contributed by atoms with E-state index in [1.165, 1.54) is 5.56 Å². The zero-order valence-electron chi connectivity index (χ0n) is 12.2. The van der Waals surface area contributed by atoms with Crippen molar-refractivity contribution in [2.45, 2.75) is 32.6 Å². The fourth-order valence-electron chi connectivity index (χ4n) is 2.18. The minimum atomic E-state index is 0.811. The Hall–Kier alpha value is -1.95. The van der Waals surface area contributed by atoms with Crippen molar-refractivity contribution in [2.24, 2.45) is 0 Å². The maximum Gasteiger partial charge on any atom is 0.234 e. The van der Waals surface area contributed by atoms with Gasteiger partial charge in [-0.1, -0.05) is 36.8 Å². The molecule has 0 aliphatic rings. The van der Waals surface area contributed by atoms with E-state index in [9.17, 15) is 0 Å². The first kappa shape index (κ1) is 14.0. The smallest absolute Gasteiger partial charge is 0.234 e. The third-order valence-electron chi connectivity index (χ3n) is 3.37. The van der Waals surface area contributed by atoms with Crippen LogP contribution in [0.2, 0.25) is 0 Å². The number of rotatable bonds is 6. The van der Waals surface area contributed by atoms with Gasteiger partial charge in [0.1, 0.15) is 10.8 Å². The van der Waals surface area contributed by atoms with Gasteiger partial charge >= 0.3 is 0 Å². The highest BCUT2D eigenvalue weighted by Gasteiger charge is 2.11. The zero-order valence-corrected chi connectivity index (χ0v) is 13.1. The third-order valence-corrected chi connectivity index (χ3v) is 4.26. The van der Waals surface area contributed by atoms with Crippen LogP contribution in [0.15, 0.2) is 24.3 Å². The Morgan fingerprint density at radius 2 is 2.00 bits per heavy atom. The van der Waals surface area contributed by atoms with Gasteiger partial charge in [-0.3, -0.25) is 0 Å². The van der Waals surface area contributed by atoms with Crippen LogP contribution in [0.1, 0.15) is 36.2 Å². The van der Waals surface area contributed by atoms with Crippen LogP contribution in [0.3, 0.4) is 0 Å². The molecule has 0 amide bonds. The van der Waals surface area contributed by atoms with Crippen molar-refractivity contribution in [1.29, 1.82) is 0 Å². The summed E-state index contributed by atoms with van der Waals surface area (Å²) in [7, 11) is 1.68. The highest BCUT2D eigenvalue weighted by atomic mass is 32.1. The van der Waals surface area contributed by atoms with Crippen LogP contribution in [0.4, 0.5) is 0 Å². The summed E-state index contributed by atoms with van der Waals surface area (Å²) >= 11 is 1.60. The maximum absolute atomic E-state index is 5.17. The molecule has 5 nitrogen and oxygen atoms in total. The number of ether oxygens (including phenoxy) is 1. The lowest BCUT2D eigenvalue weighted by molar-refractivity contribution is 0.414.